The highest BCUT2D eigenvalue weighted by Gasteiger charge is 2.18. The van der Waals surface area contributed by atoms with Gasteiger partial charge in [-0.25, -0.2) is 0 Å². The number of hydrogen-bond acceptors (Lipinski definition) is 6. The molecular weight excluding hydrogens is 356 g/mol. The van der Waals surface area contributed by atoms with Crippen LogP contribution in [0.1, 0.15) is 6.92 Å². The molecule has 142 valence electrons. The minimum Gasteiger partial charge on any atom is -0.493 e. The fourth-order valence-electron chi connectivity index (χ4n) is 3.15. The first kappa shape index (κ1) is 17.8. The number of ether oxygens (including phenoxy) is 2. The summed E-state index contributed by atoms with van der Waals surface area (Å²) in [6, 6.07) is 15.5. The van der Waals surface area contributed by atoms with Crippen molar-refractivity contribution < 1.29 is 14.0 Å². The third kappa shape index (κ3) is 3.11. The van der Waals surface area contributed by atoms with Gasteiger partial charge in [0.2, 0.25) is 5.82 Å². The normalized spacial score (nSPS) is 10.8. The number of hydrogen-bond donors (Lipinski definition) is 0. The Labute approximate surface area is 162 Å². The first-order valence-electron chi connectivity index (χ1n) is 8.92. The molecule has 0 atom stereocenters. The average molecular weight is 376 g/mol. The van der Waals surface area contributed by atoms with E-state index < -0.39 is 0 Å². The molecule has 0 aliphatic heterocycles. The zero-order chi connectivity index (χ0) is 19.5. The quantitative estimate of drug-likeness (QED) is 0.499. The summed E-state index contributed by atoms with van der Waals surface area (Å²) in [4.78, 5) is 4.56. The molecule has 0 aliphatic rings. The molecule has 0 saturated heterocycles. The van der Waals surface area contributed by atoms with Crippen molar-refractivity contribution >= 4 is 0 Å². The predicted molar refractivity (Wildman–Crippen MR) is 105 cm³/mol. The second-order valence-corrected chi connectivity index (χ2v) is 6.08. The summed E-state index contributed by atoms with van der Waals surface area (Å²) in [5.41, 5.74) is 3.63. The van der Waals surface area contributed by atoms with Crippen LogP contribution in [0.25, 0.3) is 34.1 Å². The molecule has 0 bridgehead atoms. The van der Waals surface area contributed by atoms with Gasteiger partial charge in [-0.05, 0) is 31.2 Å². The Hall–Kier alpha value is -3.61. The molecule has 4 aromatic rings. The molecule has 28 heavy (non-hydrogen) atoms. The minimum atomic E-state index is 0.370. The molecule has 0 spiro atoms. The van der Waals surface area contributed by atoms with Gasteiger partial charge in [0.1, 0.15) is 0 Å². The van der Waals surface area contributed by atoms with E-state index >= 15 is 0 Å². The lowest BCUT2D eigenvalue weighted by atomic mass is 10.1. The van der Waals surface area contributed by atoms with Gasteiger partial charge >= 0.3 is 0 Å². The van der Waals surface area contributed by atoms with Crippen LogP contribution < -0.4 is 9.47 Å². The summed E-state index contributed by atoms with van der Waals surface area (Å²) >= 11 is 0. The average Bonchev–Trinajstić information content (AvgIpc) is 3.42. The molecule has 7 heteroatoms. The predicted octanol–water partition coefficient (Wildman–Crippen LogP) is 4.30. The van der Waals surface area contributed by atoms with E-state index in [0.717, 1.165) is 23.4 Å². The number of para-hydroxylation sites is 1. The fraction of sp³-hybridized carbons (Fsp3) is 0.190. The topological polar surface area (TPSA) is 75.2 Å². The van der Waals surface area contributed by atoms with Crippen LogP contribution in [0.4, 0.5) is 0 Å². The Morgan fingerprint density at radius 2 is 1.82 bits per heavy atom. The molecule has 7 nitrogen and oxygen atoms in total. The van der Waals surface area contributed by atoms with Gasteiger partial charge in [0, 0.05) is 23.9 Å². The number of nitrogens with zero attached hydrogens (tertiary/aromatic N) is 4. The van der Waals surface area contributed by atoms with Gasteiger partial charge in [-0.15, -0.1) is 0 Å². The van der Waals surface area contributed by atoms with Crippen LogP contribution >= 0.6 is 0 Å². The highest BCUT2D eigenvalue weighted by Crippen LogP contribution is 2.37. The lowest BCUT2D eigenvalue weighted by Crippen LogP contribution is -1.98. The molecule has 0 saturated carbocycles. The second kappa shape index (κ2) is 7.56. The SMILES string of the molecule is CCn1nccc1-c1cccc(-c2noc(-c3cccc(OC)c3OC)n2)c1. The number of aromatic nitrogens is 4. The van der Waals surface area contributed by atoms with Crippen LogP contribution in [0, 0.1) is 0 Å². The first-order chi connectivity index (χ1) is 13.7. The zero-order valence-corrected chi connectivity index (χ0v) is 15.9. The van der Waals surface area contributed by atoms with Crippen LogP contribution in [0.2, 0.25) is 0 Å². The molecule has 0 fully saturated rings. The smallest absolute Gasteiger partial charge is 0.262 e. The van der Waals surface area contributed by atoms with Crippen molar-refractivity contribution in [3.05, 3.63) is 54.7 Å². The van der Waals surface area contributed by atoms with Crippen LogP contribution in [0.3, 0.4) is 0 Å². The maximum atomic E-state index is 5.51. The van der Waals surface area contributed by atoms with Crippen molar-refractivity contribution in [2.75, 3.05) is 14.2 Å². The largest absolute Gasteiger partial charge is 0.493 e. The van der Waals surface area contributed by atoms with Crippen molar-refractivity contribution in [3.8, 4) is 45.6 Å². The first-order valence-corrected chi connectivity index (χ1v) is 8.92. The lowest BCUT2D eigenvalue weighted by molar-refractivity contribution is 0.353. The highest BCUT2D eigenvalue weighted by atomic mass is 16.5. The van der Waals surface area contributed by atoms with Crippen molar-refractivity contribution in [3.63, 3.8) is 0 Å². The van der Waals surface area contributed by atoms with Crippen molar-refractivity contribution in [2.24, 2.45) is 0 Å². The Balaban J connectivity index is 1.72. The van der Waals surface area contributed by atoms with Crippen LogP contribution in [-0.4, -0.2) is 34.1 Å². The van der Waals surface area contributed by atoms with E-state index in [9.17, 15) is 0 Å². The summed E-state index contributed by atoms with van der Waals surface area (Å²) in [5.74, 6) is 2.04. The highest BCUT2D eigenvalue weighted by molar-refractivity contribution is 5.71. The van der Waals surface area contributed by atoms with E-state index in [2.05, 4.69) is 22.2 Å². The Kier molecular flexibility index (Phi) is 4.80. The van der Waals surface area contributed by atoms with Crippen LogP contribution in [0.15, 0.2) is 59.3 Å². The fourth-order valence-corrected chi connectivity index (χ4v) is 3.15. The maximum Gasteiger partial charge on any atom is 0.262 e. The van der Waals surface area contributed by atoms with E-state index in [1.807, 2.05) is 53.2 Å². The maximum absolute atomic E-state index is 5.51. The van der Waals surface area contributed by atoms with Crippen LogP contribution in [-0.2, 0) is 6.54 Å². The second-order valence-electron chi connectivity index (χ2n) is 6.08. The van der Waals surface area contributed by atoms with Gasteiger partial charge in [0.25, 0.3) is 5.89 Å². The molecule has 2 aromatic heterocycles. The Morgan fingerprint density at radius 1 is 1.00 bits per heavy atom. The minimum absolute atomic E-state index is 0.370. The summed E-state index contributed by atoms with van der Waals surface area (Å²) in [6.07, 6.45) is 1.80. The monoisotopic (exact) mass is 376 g/mol. The summed E-state index contributed by atoms with van der Waals surface area (Å²) < 4.78 is 18.3. The molecule has 0 unspecified atom stereocenters. The van der Waals surface area contributed by atoms with Gasteiger partial charge in [0.15, 0.2) is 11.5 Å². The molecule has 0 radical (unpaired) electrons. The van der Waals surface area contributed by atoms with Crippen molar-refractivity contribution in [2.45, 2.75) is 13.5 Å². The lowest BCUT2D eigenvalue weighted by Gasteiger charge is -2.09. The van der Waals surface area contributed by atoms with Gasteiger partial charge < -0.3 is 14.0 Å². The standard InChI is InChI=1S/C21H20N4O3/c1-4-25-17(11-12-22-25)14-7-5-8-15(13-14)20-23-21(28-24-20)16-9-6-10-18(26-2)19(16)27-3/h5-13H,4H2,1-3H3. The molecule has 0 aliphatic carbocycles. The van der Waals surface area contributed by atoms with Crippen molar-refractivity contribution in [1.82, 2.24) is 19.9 Å². The molecule has 4 rings (SSSR count). The number of methoxy groups -OCH3 is 2. The zero-order valence-electron chi connectivity index (χ0n) is 15.9. The third-order valence-corrected chi connectivity index (χ3v) is 4.49. The Bertz CT molecular complexity index is 1100. The molecule has 2 aromatic carbocycles. The molecule has 0 N–H and O–H groups in total. The Morgan fingerprint density at radius 3 is 2.61 bits per heavy atom. The number of rotatable bonds is 6. The van der Waals surface area contributed by atoms with E-state index in [1.54, 1.807) is 20.4 Å². The van der Waals surface area contributed by atoms with Gasteiger partial charge in [0.05, 0.1) is 25.5 Å². The van der Waals surface area contributed by atoms with Crippen LogP contribution in [0.5, 0.6) is 11.5 Å². The van der Waals surface area contributed by atoms with Crippen molar-refractivity contribution in [1.29, 1.82) is 0 Å². The van der Waals surface area contributed by atoms with Gasteiger partial charge in [-0.2, -0.15) is 10.1 Å². The van der Waals surface area contributed by atoms with E-state index in [-0.39, 0.29) is 0 Å². The van der Waals surface area contributed by atoms with E-state index in [0.29, 0.717) is 28.8 Å². The molecule has 0 amide bonds. The number of benzene rings is 2. The molecule has 2 heterocycles. The van der Waals surface area contributed by atoms with E-state index in [1.165, 1.54) is 0 Å². The summed E-state index contributed by atoms with van der Waals surface area (Å²) in [6.45, 7) is 2.86. The van der Waals surface area contributed by atoms with Gasteiger partial charge in [-0.1, -0.05) is 29.4 Å². The number of aryl methyl sites for hydroxylation is 1. The van der Waals surface area contributed by atoms with Gasteiger partial charge in [-0.3, -0.25) is 4.68 Å². The summed E-state index contributed by atoms with van der Waals surface area (Å²) in [7, 11) is 3.17. The summed E-state index contributed by atoms with van der Waals surface area (Å²) in [5, 5.41) is 8.49. The third-order valence-electron chi connectivity index (χ3n) is 4.49. The van der Waals surface area contributed by atoms with E-state index in [4.69, 9.17) is 14.0 Å². The molecular formula is C21H20N4O3.